The summed E-state index contributed by atoms with van der Waals surface area (Å²) < 4.78 is 4.78. The van der Waals surface area contributed by atoms with Gasteiger partial charge >= 0.3 is 30.8 Å². The van der Waals surface area contributed by atoms with Crippen molar-refractivity contribution in [3.63, 3.8) is 0 Å². The van der Waals surface area contributed by atoms with E-state index >= 15 is 0 Å². The van der Waals surface area contributed by atoms with Crippen LogP contribution in [0.1, 0.15) is 59.2 Å². The number of carbonyl (C=O) groups is 4. The van der Waals surface area contributed by atoms with E-state index in [-0.39, 0.29) is 64.1 Å². The monoisotopic (exact) mass is 586 g/mol. The molecular weight excluding hydrogens is 558 g/mol. The number of rotatable bonds is 6. The van der Waals surface area contributed by atoms with Gasteiger partial charge < -0.3 is 31.4 Å². The van der Waals surface area contributed by atoms with Crippen molar-refractivity contribution in [2.75, 3.05) is 7.11 Å². The van der Waals surface area contributed by atoms with Crippen molar-refractivity contribution in [1.82, 2.24) is 10.6 Å². The van der Waals surface area contributed by atoms with Crippen LogP contribution >= 0.6 is 23.2 Å². The molecule has 40 heavy (non-hydrogen) atoms. The molecule has 2 amide bonds. The minimum atomic E-state index is -0.749. The maximum absolute atomic E-state index is 12.1. The molecule has 6 fully saturated rings. The molecule has 0 atom stereocenters. The molecule has 0 aliphatic heterocycles. The molecule has 210 valence electrons. The summed E-state index contributed by atoms with van der Waals surface area (Å²) in [5, 5.41) is 16.0. The molecule has 0 heterocycles. The number of carboxylic acids is 1. The summed E-state index contributed by atoms with van der Waals surface area (Å²) >= 11 is 11.7. The maximum Gasteiger partial charge on any atom is 1.00 e. The van der Waals surface area contributed by atoms with Crippen LogP contribution in [0.4, 0.5) is 0 Å². The number of carbonyl (C=O) groups excluding carboxylic acids is 3. The fourth-order valence-corrected chi connectivity index (χ4v) is 6.77. The van der Waals surface area contributed by atoms with Crippen molar-refractivity contribution in [2.45, 2.75) is 49.6 Å². The first kappa shape index (κ1) is 33.6. The van der Waals surface area contributed by atoms with Gasteiger partial charge in [-0.2, -0.15) is 0 Å². The predicted octanol–water partition coefficient (Wildman–Crippen LogP) is 0.245. The fraction of sp³-hybridized carbons (Fsp3) is 0.407. The van der Waals surface area contributed by atoms with E-state index < -0.39 is 11.4 Å². The predicted molar refractivity (Wildman–Crippen MR) is 141 cm³/mol. The van der Waals surface area contributed by atoms with Crippen molar-refractivity contribution in [3.8, 4) is 0 Å². The van der Waals surface area contributed by atoms with Crippen LogP contribution in [0.5, 0.6) is 0 Å². The van der Waals surface area contributed by atoms with Crippen LogP contribution < -0.4 is 29.5 Å². The Hall–Kier alpha value is -2.58. The molecule has 13 heteroatoms. The molecule has 0 aromatic heterocycles. The third-order valence-electron chi connectivity index (χ3n) is 8.06. The van der Waals surface area contributed by atoms with Gasteiger partial charge in [0.05, 0.1) is 17.9 Å². The number of nitrogens with one attached hydrogen (secondary N) is 2. The van der Waals surface area contributed by atoms with E-state index in [1.54, 1.807) is 48.5 Å². The average molecular weight is 587 g/mol. The summed E-state index contributed by atoms with van der Waals surface area (Å²) in [4.78, 5) is 46.6. The molecule has 0 saturated heterocycles. The molecule has 0 spiro atoms. The zero-order valence-corrected chi connectivity index (χ0v) is 23.6. The number of carboxylic acid groups (broad SMARTS) is 1. The summed E-state index contributed by atoms with van der Waals surface area (Å²) in [5.41, 5.74) is -0.357. The number of amides is 2. The Morgan fingerprint density at radius 3 is 1.48 bits per heavy atom. The Morgan fingerprint density at radius 2 is 1.15 bits per heavy atom. The molecule has 0 unspecified atom stereocenters. The van der Waals surface area contributed by atoms with E-state index in [9.17, 15) is 19.2 Å². The number of methoxy groups -OCH3 is 1. The minimum absolute atomic E-state index is 0. The van der Waals surface area contributed by atoms with Gasteiger partial charge in [-0.1, -0.05) is 35.3 Å². The SMILES string of the molecule is COC(=O)C12CC(NC(=O)c3cccc(Cl)c3)(C1)C2.O.O=C(NC12CC(C(=O)O)(C1)C2)c1cccc(Cl)c1.[Li+].[OH-]. The van der Waals surface area contributed by atoms with Gasteiger partial charge in [-0.15, -0.1) is 0 Å². The summed E-state index contributed by atoms with van der Waals surface area (Å²) in [5.74, 6) is -1.23. The average Bonchev–Trinajstić information content (AvgIpc) is 2.76. The smallest absolute Gasteiger partial charge is 0.870 e. The fourth-order valence-electron chi connectivity index (χ4n) is 6.39. The summed E-state index contributed by atoms with van der Waals surface area (Å²) in [6.07, 6.45) is 3.67. The molecule has 2 aromatic carbocycles. The van der Waals surface area contributed by atoms with E-state index in [4.69, 9.17) is 33.0 Å². The number of esters is 1. The largest absolute Gasteiger partial charge is 1.00 e. The van der Waals surface area contributed by atoms with Gasteiger partial charge in [-0.05, 0) is 74.9 Å². The zero-order chi connectivity index (χ0) is 26.6. The van der Waals surface area contributed by atoms with E-state index in [0.717, 1.165) is 0 Å². The second-order valence-corrected chi connectivity index (χ2v) is 11.8. The van der Waals surface area contributed by atoms with Gasteiger partial charge in [-0.3, -0.25) is 19.2 Å². The molecule has 8 rings (SSSR count). The first-order valence-corrected chi connectivity index (χ1v) is 12.7. The first-order chi connectivity index (χ1) is 17.4. The molecular formula is C27H29Cl2LiN2O8. The first-order valence-electron chi connectivity index (χ1n) is 11.9. The zero-order valence-electron chi connectivity index (χ0n) is 22.1. The Labute approximate surface area is 252 Å². The van der Waals surface area contributed by atoms with Crippen LogP contribution in [0.2, 0.25) is 10.0 Å². The third-order valence-corrected chi connectivity index (χ3v) is 8.53. The number of aliphatic carboxylic acids is 1. The van der Waals surface area contributed by atoms with Crippen LogP contribution in [0.3, 0.4) is 0 Å². The number of halogens is 2. The number of benzene rings is 2. The number of hydrogen-bond donors (Lipinski definition) is 3. The second-order valence-electron chi connectivity index (χ2n) is 10.9. The summed E-state index contributed by atoms with van der Waals surface area (Å²) in [6, 6.07) is 13.6. The molecule has 10 nitrogen and oxygen atoms in total. The van der Waals surface area contributed by atoms with E-state index in [0.29, 0.717) is 59.7 Å². The van der Waals surface area contributed by atoms with Gasteiger partial charge in [0.1, 0.15) is 0 Å². The van der Waals surface area contributed by atoms with Crippen molar-refractivity contribution in [2.24, 2.45) is 10.8 Å². The van der Waals surface area contributed by atoms with Crippen LogP contribution in [0, 0.1) is 10.8 Å². The Morgan fingerprint density at radius 1 is 0.775 bits per heavy atom. The van der Waals surface area contributed by atoms with Crippen molar-refractivity contribution >= 4 is 47.0 Å². The quantitative estimate of drug-likeness (QED) is 0.320. The molecule has 4 bridgehead atoms. The Bertz CT molecular complexity index is 1300. The van der Waals surface area contributed by atoms with Crippen molar-refractivity contribution in [1.29, 1.82) is 0 Å². The number of hydrogen-bond acceptors (Lipinski definition) is 6. The van der Waals surface area contributed by atoms with Gasteiger partial charge in [0.25, 0.3) is 11.8 Å². The van der Waals surface area contributed by atoms with E-state index in [1.165, 1.54) is 7.11 Å². The molecule has 6 aliphatic carbocycles. The van der Waals surface area contributed by atoms with E-state index in [1.807, 2.05) is 0 Å². The molecule has 0 radical (unpaired) electrons. The normalized spacial score (nSPS) is 29.1. The van der Waals surface area contributed by atoms with Crippen LogP contribution in [-0.4, -0.2) is 58.0 Å². The third kappa shape index (κ3) is 5.75. The molecule has 6 aliphatic rings. The van der Waals surface area contributed by atoms with Gasteiger partial charge in [0, 0.05) is 32.3 Å². The van der Waals surface area contributed by atoms with Crippen molar-refractivity contribution < 1.29 is 58.8 Å². The van der Waals surface area contributed by atoms with Gasteiger partial charge in [-0.25, -0.2) is 0 Å². The second kappa shape index (κ2) is 11.7. The maximum atomic E-state index is 12.1. The topological polar surface area (TPSA) is 183 Å². The molecule has 6 N–H and O–H groups in total. The summed E-state index contributed by atoms with van der Waals surface area (Å²) in [6.45, 7) is 0. The van der Waals surface area contributed by atoms with Gasteiger partial charge in [0.2, 0.25) is 0 Å². The van der Waals surface area contributed by atoms with E-state index in [2.05, 4.69) is 10.6 Å². The standard InChI is InChI=1S/C14H14ClNO3.C13H12ClNO3.Li.2H2O/c1-19-12(18)13-6-14(7-13,8-13)16-11(17)9-3-2-4-10(15)5-9;14-9-3-1-2-8(4-9)10(16)15-13-5-12(6-13,7-13)11(17)18;;;/h2-5H,6-8H2,1H3,(H,16,17);1-4H,5-7H2,(H,15,16)(H,17,18);;2*1H2/q;;+1;;/p-1. The van der Waals surface area contributed by atoms with Crippen LogP contribution in [0.25, 0.3) is 0 Å². The van der Waals surface area contributed by atoms with Crippen LogP contribution in [0.15, 0.2) is 48.5 Å². The minimum Gasteiger partial charge on any atom is -0.870 e. The summed E-state index contributed by atoms with van der Waals surface area (Å²) in [7, 11) is 1.40. The van der Waals surface area contributed by atoms with Crippen LogP contribution in [-0.2, 0) is 14.3 Å². The van der Waals surface area contributed by atoms with Crippen molar-refractivity contribution in [3.05, 3.63) is 69.7 Å². The molecule has 2 aromatic rings. The van der Waals surface area contributed by atoms with Gasteiger partial charge in [0.15, 0.2) is 0 Å². The Balaban J connectivity index is 0.000000261. The molecule has 6 saturated carbocycles. The number of ether oxygens (including phenoxy) is 1. The Kier molecular flexibility index (Phi) is 9.86.